The van der Waals surface area contributed by atoms with Crippen LogP contribution in [0.3, 0.4) is 0 Å². The highest BCUT2D eigenvalue weighted by molar-refractivity contribution is 5.97. The molecule has 170 valence electrons. The van der Waals surface area contributed by atoms with Crippen LogP contribution in [-0.2, 0) is 22.5 Å². The van der Waals surface area contributed by atoms with Gasteiger partial charge < -0.3 is 14.5 Å². The Balaban J connectivity index is 1.32. The minimum atomic E-state index is -0.317. The Hall–Kier alpha value is -2.74. The SMILES string of the molecule is O=C(c1ccc2c(=O)n3c(nc2c1)CCCCCC3)N1CCN(C(=O)C2CCCO2)CC1. The summed E-state index contributed by atoms with van der Waals surface area (Å²) < 4.78 is 7.32. The molecule has 0 radical (unpaired) electrons. The molecule has 32 heavy (non-hydrogen) atoms. The fourth-order valence-electron chi connectivity index (χ4n) is 5.02. The zero-order chi connectivity index (χ0) is 22.1. The first-order valence-corrected chi connectivity index (χ1v) is 11.8. The van der Waals surface area contributed by atoms with Gasteiger partial charge in [-0.05, 0) is 43.9 Å². The average molecular weight is 439 g/mol. The zero-order valence-corrected chi connectivity index (χ0v) is 18.4. The van der Waals surface area contributed by atoms with Crippen LogP contribution in [-0.4, -0.2) is 70.1 Å². The zero-order valence-electron chi connectivity index (χ0n) is 18.4. The van der Waals surface area contributed by atoms with Crippen LogP contribution < -0.4 is 5.56 Å². The van der Waals surface area contributed by atoms with Crippen molar-refractivity contribution in [2.45, 2.75) is 57.6 Å². The Kier molecular flexibility index (Phi) is 5.95. The van der Waals surface area contributed by atoms with E-state index in [4.69, 9.17) is 9.72 Å². The van der Waals surface area contributed by atoms with Crippen LogP contribution in [0.4, 0.5) is 0 Å². The normalized spacial score (nSPS) is 21.8. The highest BCUT2D eigenvalue weighted by atomic mass is 16.5. The van der Waals surface area contributed by atoms with Crippen LogP contribution >= 0.6 is 0 Å². The van der Waals surface area contributed by atoms with Crippen LogP contribution in [0.1, 0.15) is 54.7 Å². The van der Waals surface area contributed by atoms with Crippen molar-refractivity contribution in [3.8, 4) is 0 Å². The van der Waals surface area contributed by atoms with E-state index in [9.17, 15) is 14.4 Å². The van der Waals surface area contributed by atoms with Crippen LogP contribution in [0.25, 0.3) is 10.9 Å². The summed E-state index contributed by atoms with van der Waals surface area (Å²) in [5.41, 5.74) is 1.13. The van der Waals surface area contributed by atoms with E-state index < -0.39 is 0 Å². The van der Waals surface area contributed by atoms with E-state index >= 15 is 0 Å². The third-order valence-electron chi connectivity index (χ3n) is 6.90. The van der Waals surface area contributed by atoms with Gasteiger partial charge in [-0.2, -0.15) is 0 Å². The molecular weight excluding hydrogens is 408 g/mol. The van der Waals surface area contributed by atoms with Gasteiger partial charge in [0.2, 0.25) is 0 Å². The van der Waals surface area contributed by atoms with E-state index in [1.807, 2.05) is 4.57 Å². The smallest absolute Gasteiger partial charge is 0.261 e. The summed E-state index contributed by atoms with van der Waals surface area (Å²) >= 11 is 0. The predicted molar refractivity (Wildman–Crippen MR) is 120 cm³/mol. The molecule has 2 saturated heterocycles. The number of aromatic nitrogens is 2. The number of amides is 2. The molecule has 0 saturated carbocycles. The van der Waals surface area contributed by atoms with Gasteiger partial charge >= 0.3 is 0 Å². The number of hydrogen-bond acceptors (Lipinski definition) is 5. The lowest BCUT2D eigenvalue weighted by molar-refractivity contribution is -0.142. The van der Waals surface area contributed by atoms with Crippen molar-refractivity contribution in [1.29, 1.82) is 0 Å². The molecule has 0 bridgehead atoms. The fourth-order valence-corrected chi connectivity index (χ4v) is 5.02. The number of piperazine rings is 1. The molecule has 2 amide bonds. The molecular formula is C24H30N4O4. The van der Waals surface area contributed by atoms with Gasteiger partial charge in [0.25, 0.3) is 17.4 Å². The molecule has 2 fully saturated rings. The third kappa shape index (κ3) is 4.03. The maximum Gasteiger partial charge on any atom is 0.261 e. The van der Waals surface area contributed by atoms with Crippen LogP contribution in [0.5, 0.6) is 0 Å². The quantitative estimate of drug-likeness (QED) is 0.716. The molecule has 4 heterocycles. The maximum atomic E-state index is 13.1. The number of nitrogens with zero attached hydrogens (tertiary/aromatic N) is 4. The van der Waals surface area contributed by atoms with E-state index in [2.05, 4.69) is 0 Å². The highest BCUT2D eigenvalue weighted by Gasteiger charge is 2.31. The predicted octanol–water partition coefficient (Wildman–Crippen LogP) is 1.98. The standard InChI is InChI=1S/C24H30N4O4/c29-22(26-11-13-27(14-12-26)24(31)20-6-5-15-32-20)17-8-9-18-19(16-17)25-21-7-3-1-2-4-10-28(21)23(18)30/h8-9,16,20H,1-7,10-15H2. The molecule has 2 aromatic rings. The first-order chi connectivity index (χ1) is 15.6. The summed E-state index contributed by atoms with van der Waals surface area (Å²) in [6.45, 7) is 3.39. The number of ether oxygens (including phenoxy) is 1. The second-order valence-electron chi connectivity index (χ2n) is 9.00. The van der Waals surface area contributed by atoms with Crippen LogP contribution in [0.15, 0.2) is 23.0 Å². The number of carbonyl (C=O) groups is 2. The number of hydrogen-bond donors (Lipinski definition) is 0. The van der Waals surface area contributed by atoms with Gasteiger partial charge in [0.15, 0.2) is 0 Å². The molecule has 1 aromatic carbocycles. The Labute approximate surface area is 187 Å². The molecule has 1 atom stereocenters. The second-order valence-corrected chi connectivity index (χ2v) is 9.00. The van der Waals surface area contributed by atoms with E-state index in [-0.39, 0.29) is 23.5 Å². The van der Waals surface area contributed by atoms with Crippen molar-refractivity contribution >= 4 is 22.7 Å². The lowest BCUT2D eigenvalue weighted by atomic mass is 10.1. The Bertz CT molecular complexity index is 1080. The Morgan fingerprint density at radius 3 is 2.50 bits per heavy atom. The lowest BCUT2D eigenvalue weighted by Crippen LogP contribution is -2.52. The number of fused-ring (bicyclic) bond motifs is 2. The Morgan fingerprint density at radius 1 is 0.938 bits per heavy atom. The van der Waals surface area contributed by atoms with E-state index in [1.165, 1.54) is 0 Å². The molecule has 8 heteroatoms. The largest absolute Gasteiger partial charge is 0.368 e. The van der Waals surface area contributed by atoms with Crippen molar-refractivity contribution in [2.75, 3.05) is 32.8 Å². The molecule has 0 spiro atoms. The van der Waals surface area contributed by atoms with Gasteiger partial charge in [0.05, 0.1) is 10.9 Å². The summed E-state index contributed by atoms with van der Waals surface area (Å²) in [6, 6.07) is 5.22. The Morgan fingerprint density at radius 2 is 1.72 bits per heavy atom. The van der Waals surface area contributed by atoms with Crippen molar-refractivity contribution in [3.05, 3.63) is 39.9 Å². The van der Waals surface area contributed by atoms with Gasteiger partial charge in [-0.25, -0.2) is 4.98 Å². The molecule has 0 N–H and O–H groups in total. The maximum absolute atomic E-state index is 13.1. The number of benzene rings is 1. The average Bonchev–Trinajstić information content (AvgIpc) is 3.34. The minimum Gasteiger partial charge on any atom is -0.368 e. The van der Waals surface area contributed by atoms with Crippen molar-refractivity contribution in [1.82, 2.24) is 19.4 Å². The topological polar surface area (TPSA) is 84.7 Å². The second kappa shape index (κ2) is 9.02. The van der Waals surface area contributed by atoms with Crippen molar-refractivity contribution < 1.29 is 14.3 Å². The molecule has 3 aliphatic rings. The number of rotatable bonds is 2. The van der Waals surface area contributed by atoms with E-state index in [1.54, 1.807) is 28.0 Å². The fraction of sp³-hybridized carbons (Fsp3) is 0.583. The van der Waals surface area contributed by atoms with Crippen molar-refractivity contribution in [2.24, 2.45) is 0 Å². The molecule has 1 aromatic heterocycles. The lowest BCUT2D eigenvalue weighted by Gasteiger charge is -2.35. The van der Waals surface area contributed by atoms with Gasteiger partial charge in [0.1, 0.15) is 11.9 Å². The summed E-state index contributed by atoms with van der Waals surface area (Å²) in [6.07, 6.45) is 6.52. The molecule has 8 nitrogen and oxygen atoms in total. The summed E-state index contributed by atoms with van der Waals surface area (Å²) in [5, 5.41) is 0.567. The summed E-state index contributed by atoms with van der Waals surface area (Å²) in [4.78, 5) is 47.0. The number of carbonyl (C=O) groups excluding carboxylic acids is 2. The van der Waals surface area contributed by atoms with E-state index in [0.29, 0.717) is 55.8 Å². The van der Waals surface area contributed by atoms with Crippen molar-refractivity contribution in [3.63, 3.8) is 0 Å². The van der Waals surface area contributed by atoms with Gasteiger partial charge in [-0.3, -0.25) is 19.0 Å². The number of aryl methyl sites for hydroxylation is 1. The first kappa shape index (κ1) is 21.1. The highest BCUT2D eigenvalue weighted by Crippen LogP contribution is 2.19. The molecule has 5 rings (SSSR count). The third-order valence-corrected chi connectivity index (χ3v) is 6.90. The van der Waals surface area contributed by atoms with Gasteiger partial charge in [0, 0.05) is 51.3 Å². The van der Waals surface area contributed by atoms with Gasteiger partial charge in [-0.1, -0.05) is 12.8 Å². The molecule has 0 aliphatic carbocycles. The molecule has 3 aliphatic heterocycles. The van der Waals surface area contributed by atoms with Crippen LogP contribution in [0.2, 0.25) is 0 Å². The van der Waals surface area contributed by atoms with Crippen LogP contribution in [0, 0.1) is 0 Å². The summed E-state index contributed by atoms with van der Waals surface area (Å²) in [7, 11) is 0. The first-order valence-electron chi connectivity index (χ1n) is 11.8. The van der Waals surface area contributed by atoms with E-state index in [0.717, 1.165) is 50.8 Å². The molecule has 1 unspecified atom stereocenters. The minimum absolute atomic E-state index is 0.00726. The monoisotopic (exact) mass is 438 g/mol. The summed E-state index contributed by atoms with van der Waals surface area (Å²) in [5.74, 6) is 0.791. The van der Waals surface area contributed by atoms with Gasteiger partial charge in [-0.15, -0.1) is 0 Å².